The number of benzene rings is 2. The zero-order valence-electron chi connectivity index (χ0n) is 33.9. The number of fused-ring (bicyclic) bond motifs is 2. The van der Waals surface area contributed by atoms with Crippen LogP contribution in [0.5, 0.6) is 11.5 Å². The number of carboxylic acid groups (broad SMARTS) is 1. The van der Waals surface area contributed by atoms with Gasteiger partial charge in [-0.2, -0.15) is 0 Å². The van der Waals surface area contributed by atoms with Crippen molar-refractivity contribution in [3.8, 4) is 22.6 Å². The van der Waals surface area contributed by atoms with Gasteiger partial charge < -0.3 is 44.2 Å². The summed E-state index contributed by atoms with van der Waals surface area (Å²) in [4.78, 5) is 91.8. The Morgan fingerprint density at radius 3 is 2.30 bits per heavy atom. The third-order valence-electron chi connectivity index (χ3n) is 9.60. The maximum absolute atomic E-state index is 13.3. The Bertz CT molecular complexity index is 2320. The molecule has 2 aromatic heterocycles. The van der Waals surface area contributed by atoms with Crippen LogP contribution in [0.15, 0.2) is 53.6 Å². The summed E-state index contributed by atoms with van der Waals surface area (Å²) in [5, 5.41) is 16.0. The van der Waals surface area contributed by atoms with Crippen LogP contribution in [0.3, 0.4) is 0 Å². The molecular formula is C41H47N7O12. The molecule has 1 fully saturated rings. The van der Waals surface area contributed by atoms with Crippen molar-refractivity contribution in [2.75, 3.05) is 71.9 Å². The van der Waals surface area contributed by atoms with Gasteiger partial charge in [0.05, 0.1) is 69.1 Å². The van der Waals surface area contributed by atoms with Crippen LogP contribution in [0.2, 0.25) is 0 Å². The average Bonchev–Trinajstić information content (AvgIpc) is 3.47. The number of carbonyl (C=O) groups is 6. The Morgan fingerprint density at radius 1 is 0.967 bits per heavy atom. The van der Waals surface area contributed by atoms with E-state index < -0.39 is 29.7 Å². The Morgan fingerprint density at radius 2 is 1.65 bits per heavy atom. The second kappa shape index (κ2) is 20.3. The summed E-state index contributed by atoms with van der Waals surface area (Å²) in [6.45, 7) is 1.51. The van der Waals surface area contributed by atoms with Gasteiger partial charge in [-0.25, -0.2) is 4.98 Å². The number of nitrogens with one attached hydrogen (secondary N) is 3. The van der Waals surface area contributed by atoms with Gasteiger partial charge in [0.25, 0.3) is 23.8 Å². The molecular weight excluding hydrogens is 782 g/mol. The summed E-state index contributed by atoms with van der Waals surface area (Å²) in [7, 11) is 8.77. The molecule has 1 saturated heterocycles. The fourth-order valence-corrected chi connectivity index (χ4v) is 6.88. The summed E-state index contributed by atoms with van der Waals surface area (Å²) in [5.74, 6) is -1.05. The molecule has 0 saturated carbocycles. The number of aromatic nitrogens is 2. The lowest BCUT2D eigenvalue weighted by Gasteiger charge is -2.27. The molecule has 5 amide bonds. The monoisotopic (exact) mass is 829 g/mol. The van der Waals surface area contributed by atoms with Crippen LogP contribution in [-0.4, -0.2) is 128 Å². The minimum absolute atomic E-state index is 0.0405. The van der Waals surface area contributed by atoms with Crippen LogP contribution >= 0.6 is 0 Å². The summed E-state index contributed by atoms with van der Waals surface area (Å²) in [6.07, 6.45) is 3.35. The first-order valence-electron chi connectivity index (χ1n) is 18.8. The van der Waals surface area contributed by atoms with Gasteiger partial charge in [-0.15, -0.1) is 0 Å². The molecule has 0 radical (unpaired) electrons. The Balaban J connectivity index is 0.00000221. The predicted octanol–water partition coefficient (Wildman–Crippen LogP) is 2.26. The number of carbonyl (C=O) groups excluding carboxylic acids is 5. The molecule has 0 spiro atoms. The highest BCUT2D eigenvalue weighted by Gasteiger charge is 2.45. The topological polar surface area (TPSA) is 237 Å². The highest BCUT2D eigenvalue weighted by molar-refractivity contribution is 6.25. The molecule has 0 aliphatic carbocycles. The summed E-state index contributed by atoms with van der Waals surface area (Å²) >= 11 is 0. The predicted molar refractivity (Wildman–Crippen MR) is 218 cm³/mol. The molecule has 4 heterocycles. The lowest BCUT2D eigenvalue weighted by atomic mass is 9.98. The minimum Gasteiger partial charge on any atom is -0.496 e. The van der Waals surface area contributed by atoms with Gasteiger partial charge in [0.1, 0.15) is 23.4 Å². The SMILES string of the molecule is COc1cc(-c2cn(C)c(=O)c3cnc(NC(=O)CCOCCOCCNc4cccc5c4C(=O)N(C4CCC(=O)NC4=O)C5=O)cc23)cc(OC)c1CN(C)C.O=CO. The molecule has 0 bridgehead atoms. The van der Waals surface area contributed by atoms with Crippen LogP contribution in [0.1, 0.15) is 45.5 Å². The molecule has 4 aromatic rings. The van der Waals surface area contributed by atoms with Crippen molar-refractivity contribution in [2.24, 2.45) is 7.05 Å². The van der Waals surface area contributed by atoms with Crippen molar-refractivity contribution in [1.82, 2.24) is 24.7 Å². The van der Waals surface area contributed by atoms with E-state index in [0.717, 1.165) is 21.6 Å². The molecule has 60 heavy (non-hydrogen) atoms. The number of methoxy groups -OCH3 is 2. The van der Waals surface area contributed by atoms with Crippen molar-refractivity contribution < 1.29 is 52.8 Å². The van der Waals surface area contributed by atoms with E-state index in [2.05, 4.69) is 20.9 Å². The molecule has 4 N–H and O–H groups in total. The van der Waals surface area contributed by atoms with Crippen molar-refractivity contribution in [3.63, 3.8) is 0 Å². The van der Waals surface area contributed by atoms with E-state index in [4.69, 9.17) is 28.8 Å². The van der Waals surface area contributed by atoms with Crippen molar-refractivity contribution in [3.05, 3.63) is 75.8 Å². The standard InChI is InChI=1S/C40H45N7O10.CH2O2/c1-45(2)21-28-31(54-4)17-23(18-32(28)55-5)27-22-46(3)38(51)26-20-42-33(19-25(26)27)43-35(49)11-13-56-15-16-57-14-12-41-29-8-6-7-24-36(29)40(53)47(39(24)52)30-9-10-34(48)44-37(30)50;2-1-3/h6-8,17-20,22,30,41H,9-16,21H2,1-5H3,(H,42,43,49)(H,44,48,50);1H,(H,2,3). The van der Waals surface area contributed by atoms with Crippen LogP contribution in [0.4, 0.5) is 11.5 Å². The highest BCUT2D eigenvalue weighted by Crippen LogP contribution is 2.38. The van der Waals surface area contributed by atoms with Crippen LogP contribution in [0, 0.1) is 0 Å². The highest BCUT2D eigenvalue weighted by atomic mass is 16.5. The van der Waals surface area contributed by atoms with Gasteiger partial charge in [-0.3, -0.25) is 43.8 Å². The minimum atomic E-state index is -1.05. The number of ether oxygens (including phenoxy) is 4. The van der Waals surface area contributed by atoms with Crippen LogP contribution in [0.25, 0.3) is 21.9 Å². The van der Waals surface area contributed by atoms with Crippen molar-refractivity contribution >= 4 is 58.3 Å². The number of amides is 5. The quantitative estimate of drug-likeness (QED) is 0.0679. The normalized spacial score (nSPS) is 14.7. The number of nitrogens with zero attached hydrogens (tertiary/aromatic N) is 4. The number of aryl methyl sites for hydroxylation is 1. The zero-order chi connectivity index (χ0) is 43.5. The smallest absolute Gasteiger partial charge is 0.290 e. The summed E-state index contributed by atoms with van der Waals surface area (Å²) in [6, 6.07) is 9.26. The van der Waals surface area contributed by atoms with Crippen molar-refractivity contribution in [1.29, 1.82) is 0 Å². The van der Waals surface area contributed by atoms with Gasteiger partial charge >= 0.3 is 0 Å². The Kier molecular flexibility index (Phi) is 15.0. The Hall–Kier alpha value is -6.70. The maximum Gasteiger partial charge on any atom is 0.290 e. The molecule has 19 heteroatoms. The van der Waals surface area contributed by atoms with E-state index in [-0.39, 0.29) is 80.6 Å². The van der Waals surface area contributed by atoms with Gasteiger partial charge in [0.2, 0.25) is 17.7 Å². The fraction of sp³-hybridized carbons (Fsp3) is 0.366. The molecule has 6 rings (SSSR count). The van der Waals surface area contributed by atoms with E-state index in [1.165, 1.54) is 16.8 Å². The molecule has 1 atom stereocenters. The number of hydrogen-bond donors (Lipinski definition) is 4. The number of hydrogen-bond acceptors (Lipinski definition) is 14. The van der Waals surface area contributed by atoms with E-state index in [1.807, 2.05) is 31.1 Å². The molecule has 1 unspecified atom stereocenters. The summed E-state index contributed by atoms with van der Waals surface area (Å²) in [5.41, 5.74) is 2.92. The van der Waals surface area contributed by atoms with Crippen LogP contribution < -0.4 is 31.0 Å². The zero-order valence-corrected chi connectivity index (χ0v) is 33.9. The largest absolute Gasteiger partial charge is 0.496 e. The second-order valence-electron chi connectivity index (χ2n) is 13.9. The lowest BCUT2D eigenvalue weighted by Crippen LogP contribution is -2.54. The number of piperidine rings is 1. The van der Waals surface area contributed by atoms with Gasteiger partial charge in [-0.05, 0) is 56.4 Å². The van der Waals surface area contributed by atoms with E-state index in [1.54, 1.807) is 45.7 Å². The molecule has 19 nitrogen and oxygen atoms in total. The number of imide groups is 2. The third-order valence-corrected chi connectivity index (χ3v) is 9.60. The molecule has 2 aliphatic rings. The van der Waals surface area contributed by atoms with E-state index >= 15 is 0 Å². The molecule has 318 valence electrons. The first-order chi connectivity index (χ1) is 28.8. The third kappa shape index (κ3) is 10.1. The Labute approximate surface area is 344 Å². The van der Waals surface area contributed by atoms with E-state index in [0.29, 0.717) is 41.0 Å². The number of pyridine rings is 2. The molecule has 2 aromatic carbocycles. The van der Waals surface area contributed by atoms with Crippen LogP contribution in [-0.2, 0) is 42.2 Å². The lowest BCUT2D eigenvalue weighted by molar-refractivity contribution is -0.136. The van der Waals surface area contributed by atoms with Crippen molar-refractivity contribution in [2.45, 2.75) is 31.8 Å². The van der Waals surface area contributed by atoms with Gasteiger partial charge in [0.15, 0.2) is 0 Å². The van der Waals surface area contributed by atoms with E-state index in [9.17, 15) is 28.8 Å². The van der Waals surface area contributed by atoms with Gasteiger partial charge in [-0.1, -0.05) is 6.07 Å². The maximum atomic E-state index is 13.3. The number of anilines is 2. The average molecular weight is 830 g/mol. The van der Waals surface area contributed by atoms with Gasteiger partial charge in [0, 0.05) is 55.6 Å². The second-order valence-corrected chi connectivity index (χ2v) is 13.9. The first-order valence-corrected chi connectivity index (χ1v) is 18.8. The molecule has 2 aliphatic heterocycles. The number of rotatable bonds is 17. The summed E-state index contributed by atoms with van der Waals surface area (Å²) < 4.78 is 24.2. The fourth-order valence-electron chi connectivity index (χ4n) is 6.88. The first kappa shape index (κ1) is 44.4.